The van der Waals surface area contributed by atoms with Gasteiger partial charge in [-0.3, -0.25) is 4.79 Å². The molecule has 2 heterocycles. The first kappa shape index (κ1) is 19.8. The van der Waals surface area contributed by atoms with Gasteiger partial charge in [-0.1, -0.05) is 0 Å². The van der Waals surface area contributed by atoms with E-state index in [1.54, 1.807) is 6.07 Å². The van der Waals surface area contributed by atoms with Crippen LogP contribution in [0.3, 0.4) is 0 Å². The number of nitrogens with zero attached hydrogens (tertiary/aromatic N) is 2. The maximum Gasteiger partial charge on any atom is 0.227 e. The van der Waals surface area contributed by atoms with Gasteiger partial charge in [0, 0.05) is 49.7 Å². The van der Waals surface area contributed by atoms with Gasteiger partial charge >= 0.3 is 0 Å². The predicted molar refractivity (Wildman–Crippen MR) is 100 cm³/mol. The van der Waals surface area contributed by atoms with Crippen molar-refractivity contribution in [1.82, 2.24) is 14.2 Å². The number of carbonyl (C=O) groups excluding carboxylic acids is 1. The molecule has 9 heteroatoms. The normalized spacial score (nSPS) is 20.7. The van der Waals surface area contributed by atoms with Crippen molar-refractivity contribution in [2.75, 3.05) is 32.9 Å². The molecule has 0 spiro atoms. The molecule has 1 fully saturated rings. The number of aryl methyl sites for hydroxylation is 1. The van der Waals surface area contributed by atoms with Crippen LogP contribution in [0.2, 0.25) is 0 Å². The first-order valence-corrected chi connectivity index (χ1v) is 10.3. The molecule has 3 rings (SSSR count). The summed E-state index contributed by atoms with van der Waals surface area (Å²) in [5.74, 6) is -1.32. The third-order valence-corrected chi connectivity index (χ3v) is 7.11. The number of halogens is 1. The lowest BCUT2D eigenvalue weighted by molar-refractivity contribution is -0.129. The summed E-state index contributed by atoms with van der Waals surface area (Å²) in [4.78, 5) is 17.4. The van der Waals surface area contributed by atoms with Crippen LogP contribution in [0.5, 0.6) is 0 Å². The van der Waals surface area contributed by atoms with Crippen molar-refractivity contribution in [1.29, 1.82) is 0 Å². The Morgan fingerprint density at radius 3 is 2.74 bits per heavy atom. The molecule has 0 bridgehead atoms. The fourth-order valence-electron chi connectivity index (χ4n) is 3.49. The van der Waals surface area contributed by atoms with E-state index >= 15 is 0 Å². The van der Waals surface area contributed by atoms with E-state index in [2.05, 4.69) is 4.98 Å². The SMILES string of the molecule is Cc1[nH]c2ccc(F)cc2c1CC(=O)N1C[C@@H](CS(=O)(=O)N(C)C)[C@@H](O)C1. The molecule has 0 aliphatic carbocycles. The van der Waals surface area contributed by atoms with E-state index in [0.717, 1.165) is 15.5 Å². The zero-order valence-corrected chi connectivity index (χ0v) is 16.4. The topological polar surface area (TPSA) is 93.7 Å². The van der Waals surface area contributed by atoms with Gasteiger partial charge in [-0.2, -0.15) is 0 Å². The van der Waals surface area contributed by atoms with Crippen molar-refractivity contribution < 1.29 is 22.7 Å². The highest BCUT2D eigenvalue weighted by molar-refractivity contribution is 7.89. The number of hydrogen-bond donors (Lipinski definition) is 2. The van der Waals surface area contributed by atoms with Gasteiger partial charge in [-0.25, -0.2) is 17.1 Å². The highest BCUT2D eigenvalue weighted by Crippen LogP contribution is 2.26. The molecule has 1 aliphatic rings. The quantitative estimate of drug-likeness (QED) is 0.783. The summed E-state index contributed by atoms with van der Waals surface area (Å²) in [6, 6.07) is 4.39. The van der Waals surface area contributed by atoms with Crippen LogP contribution in [0.25, 0.3) is 10.9 Å². The molecule has 0 unspecified atom stereocenters. The zero-order valence-electron chi connectivity index (χ0n) is 15.6. The molecule has 7 nitrogen and oxygen atoms in total. The van der Waals surface area contributed by atoms with Crippen molar-refractivity contribution >= 4 is 26.8 Å². The van der Waals surface area contributed by atoms with Gasteiger partial charge in [0.05, 0.1) is 18.3 Å². The van der Waals surface area contributed by atoms with E-state index in [4.69, 9.17) is 0 Å². The maximum atomic E-state index is 13.6. The largest absolute Gasteiger partial charge is 0.391 e. The Bertz CT molecular complexity index is 970. The number of carbonyl (C=O) groups is 1. The van der Waals surface area contributed by atoms with Crippen LogP contribution in [0.1, 0.15) is 11.3 Å². The Morgan fingerprint density at radius 1 is 1.37 bits per heavy atom. The molecule has 2 N–H and O–H groups in total. The number of nitrogens with one attached hydrogen (secondary N) is 1. The smallest absolute Gasteiger partial charge is 0.227 e. The van der Waals surface area contributed by atoms with Crippen LogP contribution in [-0.2, 0) is 21.2 Å². The monoisotopic (exact) mass is 397 g/mol. The molecule has 1 amide bonds. The van der Waals surface area contributed by atoms with Gasteiger partial charge in [0.15, 0.2) is 0 Å². The molecule has 2 aromatic rings. The first-order chi connectivity index (χ1) is 12.6. The van der Waals surface area contributed by atoms with Crippen LogP contribution in [0, 0.1) is 18.7 Å². The number of aliphatic hydroxyl groups excluding tert-OH is 1. The summed E-state index contributed by atoms with van der Waals surface area (Å²) in [6.07, 6.45) is -0.819. The Kier molecular flexibility index (Phi) is 5.29. The minimum Gasteiger partial charge on any atom is -0.391 e. The first-order valence-electron chi connectivity index (χ1n) is 8.71. The maximum absolute atomic E-state index is 13.6. The van der Waals surface area contributed by atoms with Gasteiger partial charge in [-0.15, -0.1) is 0 Å². The van der Waals surface area contributed by atoms with E-state index < -0.39 is 22.0 Å². The van der Waals surface area contributed by atoms with Crippen LogP contribution < -0.4 is 0 Å². The molecule has 2 atom stereocenters. The summed E-state index contributed by atoms with van der Waals surface area (Å²) in [6.45, 7) is 2.11. The van der Waals surface area contributed by atoms with E-state index in [1.807, 2.05) is 6.92 Å². The summed E-state index contributed by atoms with van der Waals surface area (Å²) < 4.78 is 38.8. The molecule has 1 saturated heterocycles. The Hall–Kier alpha value is -1.97. The molecule has 1 aromatic carbocycles. The number of sulfonamides is 1. The number of benzene rings is 1. The van der Waals surface area contributed by atoms with Gasteiger partial charge in [-0.05, 0) is 30.7 Å². The zero-order chi connectivity index (χ0) is 19.9. The van der Waals surface area contributed by atoms with Crippen LogP contribution in [0.4, 0.5) is 4.39 Å². The number of amides is 1. The molecular weight excluding hydrogens is 373 g/mol. The summed E-state index contributed by atoms with van der Waals surface area (Å²) in [5.41, 5.74) is 2.26. The second-order valence-corrected chi connectivity index (χ2v) is 9.51. The number of likely N-dealkylation sites (tertiary alicyclic amines) is 1. The van der Waals surface area contributed by atoms with Crippen molar-refractivity contribution in [3.05, 3.63) is 35.3 Å². The van der Waals surface area contributed by atoms with E-state index in [1.165, 1.54) is 31.1 Å². The minimum absolute atomic E-state index is 0.0646. The number of hydrogen-bond acceptors (Lipinski definition) is 4. The van der Waals surface area contributed by atoms with Crippen molar-refractivity contribution in [2.24, 2.45) is 5.92 Å². The van der Waals surface area contributed by atoms with Crippen LogP contribution in [-0.4, -0.2) is 72.7 Å². The molecule has 148 valence electrons. The highest BCUT2D eigenvalue weighted by Gasteiger charge is 2.37. The Labute approximate surface area is 157 Å². The number of aromatic amines is 1. The number of H-pyrrole nitrogens is 1. The number of fused-ring (bicyclic) bond motifs is 1. The lowest BCUT2D eigenvalue weighted by atomic mass is 10.1. The fraction of sp³-hybridized carbons (Fsp3) is 0.500. The molecule has 0 saturated carbocycles. The second kappa shape index (κ2) is 7.21. The number of aromatic nitrogens is 1. The van der Waals surface area contributed by atoms with Crippen molar-refractivity contribution in [3.8, 4) is 0 Å². The second-order valence-electron chi connectivity index (χ2n) is 7.28. The minimum atomic E-state index is -3.47. The third-order valence-electron chi connectivity index (χ3n) is 5.15. The average molecular weight is 397 g/mol. The Morgan fingerprint density at radius 2 is 2.07 bits per heavy atom. The molecule has 1 aromatic heterocycles. The van der Waals surface area contributed by atoms with Gasteiger partial charge < -0.3 is 15.0 Å². The Balaban J connectivity index is 1.74. The van der Waals surface area contributed by atoms with E-state index in [9.17, 15) is 22.7 Å². The number of aliphatic hydroxyl groups is 1. The van der Waals surface area contributed by atoms with E-state index in [-0.39, 0.29) is 37.0 Å². The van der Waals surface area contributed by atoms with Crippen molar-refractivity contribution in [3.63, 3.8) is 0 Å². The average Bonchev–Trinajstić information content (AvgIpc) is 3.08. The third kappa shape index (κ3) is 3.99. The molecule has 0 radical (unpaired) electrons. The van der Waals surface area contributed by atoms with E-state index in [0.29, 0.717) is 10.9 Å². The lowest BCUT2D eigenvalue weighted by Gasteiger charge is -2.18. The predicted octanol–water partition coefficient (Wildman–Crippen LogP) is 0.869. The van der Waals surface area contributed by atoms with Gasteiger partial charge in [0.1, 0.15) is 5.82 Å². The molecule has 1 aliphatic heterocycles. The lowest BCUT2D eigenvalue weighted by Crippen LogP contribution is -2.34. The summed E-state index contributed by atoms with van der Waals surface area (Å²) in [5, 5.41) is 10.9. The fourth-order valence-corrected chi connectivity index (χ4v) is 4.65. The molecule has 27 heavy (non-hydrogen) atoms. The number of rotatable bonds is 5. The van der Waals surface area contributed by atoms with Gasteiger partial charge in [0.25, 0.3) is 0 Å². The van der Waals surface area contributed by atoms with Crippen LogP contribution in [0.15, 0.2) is 18.2 Å². The standard InChI is InChI=1S/C18H24FN3O4S/c1-11-14(15-6-13(19)4-5-16(15)20-11)7-18(24)22-8-12(17(23)9-22)10-27(25,26)21(2)3/h4-6,12,17,20,23H,7-10H2,1-3H3/t12-,17-/m0/s1. The number of β-amino-alcohol motifs (C(OH)–C–C–N with tert-alkyl or cyclic N) is 1. The molecular formula is C18H24FN3O4S. The van der Waals surface area contributed by atoms with Crippen LogP contribution >= 0.6 is 0 Å². The summed E-state index contributed by atoms with van der Waals surface area (Å²) >= 11 is 0. The highest BCUT2D eigenvalue weighted by atomic mass is 32.2. The van der Waals surface area contributed by atoms with Crippen molar-refractivity contribution in [2.45, 2.75) is 19.4 Å². The van der Waals surface area contributed by atoms with Gasteiger partial charge in [0.2, 0.25) is 15.9 Å². The summed E-state index contributed by atoms with van der Waals surface area (Å²) in [7, 11) is -0.579.